The molecule has 0 radical (unpaired) electrons. The van der Waals surface area contributed by atoms with Gasteiger partial charge in [-0.2, -0.15) is 0 Å². The van der Waals surface area contributed by atoms with Crippen LogP contribution < -0.4 is 0 Å². The molecule has 0 spiro atoms. The van der Waals surface area contributed by atoms with Crippen LogP contribution in [0, 0.1) is 0 Å². The lowest BCUT2D eigenvalue weighted by Crippen LogP contribution is -2.21. The van der Waals surface area contributed by atoms with Crippen molar-refractivity contribution in [3.8, 4) is 11.4 Å². The molecule has 4 heteroatoms. The molecule has 0 aliphatic heterocycles. The Bertz CT molecular complexity index is 497. The molecule has 1 aromatic carbocycles. The third kappa shape index (κ3) is 2.16. The van der Waals surface area contributed by atoms with Crippen LogP contribution in [0.5, 0.6) is 0 Å². The predicted molar refractivity (Wildman–Crippen MR) is 68.2 cm³/mol. The molecule has 1 heterocycles. The van der Waals surface area contributed by atoms with E-state index in [9.17, 15) is 0 Å². The van der Waals surface area contributed by atoms with Crippen LogP contribution in [0.3, 0.4) is 0 Å². The Kier molecular flexibility index (Phi) is 2.84. The van der Waals surface area contributed by atoms with Gasteiger partial charge in [0.2, 0.25) is 0 Å². The van der Waals surface area contributed by atoms with E-state index in [1.165, 1.54) is 0 Å². The van der Waals surface area contributed by atoms with Gasteiger partial charge in [0.05, 0.1) is 0 Å². The van der Waals surface area contributed by atoms with Gasteiger partial charge in [-0.25, -0.2) is 0 Å². The van der Waals surface area contributed by atoms with E-state index in [0.717, 1.165) is 15.9 Å². The molecule has 0 atom stereocenters. The SMILES string of the molecule is CC(C)(C)n1cnnc1-c1cccc(Br)c1. The van der Waals surface area contributed by atoms with Crippen molar-refractivity contribution < 1.29 is 0 Å². The summed E-state index contributed by atoms with van der Waals surface area (Å²) in [6, 6.07) is 8.09. The summed E-state index contributed by atoms with van der Waals surface area (Å²) in [6.07, 6.45) is 1.77. The van der Waals surface area contributed by atoms with Gasteiger partial charge < -0.3 is 4.57 Å². The number of aromatic nitrogens is 3. The fraction of sp³-hybridized carbons (Fsp3) is 0.333. The second kappa shape index (κ2) is 4.01. The van der Waals surface area contributed by atoms with Crippen molar-refractivity contribution in [3.63, 3.8) is 0 Å². The molecule has 84 valence electrons. The van der Waals surface area contributed by atoms with Gasteiger partial charge >= 0.3 is 0 Å². The molecule has 3 nitrogen and oxygen atoms in total. The number of rotatable bonds is 1. The number of hydrogen-bond acceptors (Lipinski definition) is 2. The van der Waals surface area contributed by atoms with E-state index in [4.69, 9.17) is 0 Å². The molecule has 0 bridgehead atoms. The summed E-state index contributed by atoms with van der Waals surface area (Å²) in [6.45, 7) is 6.41. The fourth-order valence-corrected chi connectivity index (χ4v) is 1.95. The summed E-state index contributed by atoms with van der Waals surface area (Å²) in [5, 5.41) is 8.18. The normalized spacial score (nSPS) is 11.8. The van der Waals surface area contributed by atoms with Crippen molar-refractivity contribution in [3.05, 3.63) is 35.1 Å². The Morgan fingerprint density at radius 3 is 2.62 bits per heavy atom. The van der Waals surface area contributed by atoms with E-state index in [2.05, 4.69) is 51.5 Å². The number of nitrogens with zero attached hydrogens (tertiary/aromatic N) is 3. The predicted octanol–water partition coefficient (Wildman–Crippen LogP) is 3.46. The van der Waals surface area contributed by atoms with Gasteiger partial charge in [0.15, 0.2) is 5.82 Å². The first-order valence-electron chi connectivity index (χ1n) is 5.15. The van der Waals surface area contributed by atoms with Gasteiger partial charge in [-0.3, -0.25) is 0 Å². The van der Waals surface area contributed by atoms with Gasteiger partial charge in [-0.05, 0) is 32.9 Å². The molecule has 16 heavy (non-hydrogen) atoms. The van der Waals surface area contributed by atoms with Crippen LogP contribution in [-0.4, -0.2) is 14.8 Å². The molecule has 2 aromatic rings. The molecule has 0 saturated carbocycles. The average molecular weight is 280 g/mol. The molecule has 0 unspecified atom stereocenters. The minimum absolute atomic E-state index is 0.0127. The van der Waals surface area contributed by atoms with Crippen LogP contribution in [0.2, 0.25) is 0 Å². The lowest BCUT2D eigenvalue weighted by molar-refractivity contribution is 0.400. The molecule has 0 aliphatic rings. The first-order valence-corrected chi connectivity index (χ1v) is 5.94. The highest BCUT2D eigenvalue weighted by atomic mass is 79.9. The van der Waals surface area contributed by atoms with E-state index in [-0.39, 0.29) is 5.54 Å². The molecule has 0 fully saturated rings. The van der Waals surface area contributed by atoms with Gasteiger partial charge in [0.25, 0.3) is 0 Å². The van der Waals surface area contributed by atoms with Gasteiger partial charge in [0, 0.05) is 15.6 Å². The lowest BCUT2D eigenvalue weighted by Gasteiger charge is -2.22. The van der Waals surface area contributed by atoms with Crippen LogP contribution in [-0.2, 0) is 5.54 Å². The first-order chi connectivity index (χ1) is 7.48. The van der Waals surface area contributed by atoms with Crippen LogP contribution >= 0.6 is 15.9 Å². The molecule has 0 saturated heterocycles. The number of benzene rings is 1. The van der Waals surface area contributed by atoms with Crippen molar-refractivity contribution in [2.45, 2.75) is 26.3 Å². The van der Waals surface area contributed by atoms with Gasteiger partial charge in [0.1, 0.15) is 6.33 Å². The minimum atomic E-state index is -0.0127. The highest BCUT2D eigenvalue weighted by molar-refractivity contribution is 9.10. The topological polar surface area (TPSA) is 30.7 Å². The highest BCUT2D eigenvalue weighted by Crippen LogP contribution is 2.25. The van der Waals surface area contributed by atoms with Crippen LogP contribution in [0.25, 0.3) is 11.4 Å². The summed E-state index contributed by atoms with van der Waals surface area (Å²) in [5.41, 5.74) is 1.06. The Hall–Kier alpha value is -1.16. The molecule has 2 rings (SSSR count). The minimum Gasteiger partial charge on any atom is -0.308 e. The summed E-state index contributed by atoms with van der Waals surface area (Å²) in [5.74, 6) is 0.897. The molecule has 0 amide bonds. The first kappa shape index (κ1) is 11.3. The van der Waals surface area contributed by atoms with Crippen LogP contribution in [0.1, 0.15) is 20.8 Å². The van der Waals surface area contributed by atoms with E-state index in [1.54, 1.807) is 6.33 Å². The largest absolute Gasteiger partial charge is 0.308 e. The Balaban J connectivity index is 2.53. The van der Waals surface area contributed by atoms with E-state index in [0.29, 0.717) is 0 Å². The number of hydrogen-bond donors (Lipinski definition) is 0. The van der Waals surface area contributed by atoms with Crippen LogP contribution in [0.4, 0.5) is 0 Å². The molecule has 0 N–H and O–H groups in total. The van der Waals surface area contributed by atoms with Crippen LogP contribution in [0.15, 0.2) is 35.1 Å². The van der Waals surface area contributed by atoms with Crippen molar-refractivity contribution >= 4 is 15.9 Å². The summed E-state index contributed by atoms with van der Waals surface area (Å²) in [4.78, 5) is 0. The Labute approximate surface area is 104 Å². The monoisotopic (exact) mass is 279 g/mol. The second-order valence-corrected chi connectivity index (χ2v) is 5.62. The quantitative estimate of drug-likeness (QED) is 0.800. The smallest absolute Gasteiger partial charge is 0.164 e. The third-order valence-corrected chi connectivity index (χ3v) is 2.85. The maximum atomic E-state index is 4.19. The number of halogens is 1. The van der Waals surface area contributed by atoms with E-state index in [1.807, 2.05) is 24.3 Å². The highest BCUT2D eigenvalue weighted by Gasteiger charge is 2.18. The lowest BCUT2D eigenvalue weighted by atomic mass is 10.1. The maximum Gasteiger partial charge on any atom is 0.164 e. The zero-order valence-electron chi connectivity index (χ0n) is 9.61. The third-order valence-electron chi connectivity index (χ3n) is 2.35. The van der Waals surface area contributed by atoms with E-state index < -0.39 is 0 Å². The van der Waals surface area contributed by atoms with Crippen molar-refractivity contribution in [2.24, 2.45) is 0 Å². The van der Waals surface area contributed by atoms with Gasteiger partial charge in [-0.1, -0.05) is 28.1 Å². The zero-order chi connectivity index (χ0) is 11.8. The molecular weight excluding hydrogens is 266 g/mol. The Morgan fingerprint density at radius 2 is 2.00 bits per heavy atom. The van der Waals surface area contributed by atoms with Gasteiger partial charge in [-0.15, -0.1) is 10.2 Å². The Morgan fingerprint density at radius 1 is 1.25 bits per heavy atom. The maximum absolute atomic E-state index is 4.19. The fourth-order valence-electron chi connectivity index (χ4n) is 1.55. The molecular formula is C12H14BrN3. The zero-order valence-corrected chi connectivity index (χ0v) is 11.2. The average Bonchev–Trinajstić information content (AvgIpc) is 2.65. The summed E-state index contributed by atoms with van der Waals surface area (Å²) < 4.78 is 3.13. The van der Waals surface area contributed by atoms with E-state index >= 15 is 0 Å². The standard InChI is InChI=1S/C12H14BrN3/c1-12(2,3)16-8-14-15-11(16)9-5-4-6-10(13)7-9/h4-8H,1-3H3. The summed E-state index contributed by atoms with van der Waals surface area (Å²) >= 11 is 3.47. The molecule has 0 aliphatic carbocycles. The molecule has 1 aromatic heterocycles. The van der Waals surface area contributed by atoms with Crippen molar-refractivity contribution in [2.75, 3.05) is 0 Å². The summed E-state index contributed by atoms with van der Waals surface area (Å²) in [7, 11) is 0. The van der Waals surface area contributed by atoms with Crippen molar-refractivity contribution in [1.82, 2.24) is 14.8 Å². The van der Waals surface area contributed by atoms with Crippen molar-refractivity contribution in [1.29, 1.82) is 0 Å². The second-order valence-electron chi connectivity index (χ2n) is 4.71.